The Labute approximate surface area is 197 Å². The van der Waals surface area contributed by atoms with Crippen molar-refractivity contribution >= 4 is 22.8 Å². The SMILES string of the molecule is OCC1(CO)CCC(Oc2nc3nc(-c4ccc(-c5ccccc5)cc4)c(Cl)cc3[nH]2)CC1. The monoisotopic (exact) mass is 463 g/mol. The van der Waals surface area contributed by atoms with Gasteiger partial charge in [-0.15, -0.1) is 0 Å². The van der Waals surface area contributed by atoms with Crippen LogP contribution in [0.5, 0.6) is 6.01 Å². The van der Waals surface area contributed by atoms with Crippen molar-refractivity contribution in [1.82, 2.24) is 15.0 Å². The molecule has 0 saturated heterocycles. The maximum absolute atomic E-state index is 9.59. The standard InChI is InChI=1S/C26H26ClN3O3/c27-21-14-22-24(30-25(28-22)33-20-10-12-26(15-31,16-32)13-11-20)29-23(21)19-8-6-18(7-9-19)17-4-2-1-3-5-17/h1-9,14,20,31-32H,10-13,15-16H2,(H,28,29,30). The van der Waals surface area contributed by atoms with Crippen LogP contribution in [-0.4, -0.2) is 44.5 Å². The van der Waals surface area contributed by atoms with Gasteiger partial charge in [0.05, 0.1) is 29.4 Å². The summed E-state index contributed by atoms with van der Waals surface area (Å²) in [7, 11) is 0. The van der Waals surface area contributed by atoms with E-state index in [2.05, 4.69) is 34.2 Å². The van der Waals surface area contributed by atoms with Crippen molar-refractivity contribution < 1.29 is 14.9 Å². The van der Waals surface area contributed by atoms with Gasteiger partial charge in [-0.1, -0.05) is 66.2 Å². The number of imidazole rings is 1. The Balaban J connectivity index is 1.34. The number of nitrogens with zero attached hydrogens (tertiary/aromatic N) is 2. The second-order valence-corrected chi connectivity index (χ2v) is 9.22. The predicted octanol–water partition coefficient (Wildman–Crippen LogP) is 5.24. The lowest BCUT2D eigenvalue weighted by Gasteiger charge is -2.36. The number of benzene rings is 2. The first-order valence-electron chi connectivity index (χ1n) is 11.2. The van der Waals surface area contributed by atoms with Crippen molar-refractivity contribution in [3.63, 3.8) is 0 Å². The lowest BCUT2D eigenvalue weighted by molar-refractivity contribution is -0.00789. The van der Waals surface area contributed by atoms with Crippen molar-refractivity contribution in [1.29, 1.82) is 0 Å². The highest BCUT2D eigenvalue weighted by molar-refractivity contribution is 6.33. The van der Waals surface area contributed by atoms with Crippen molar-refractivity contribution in [2.75, 3.05) is 13.2 Å². The summed E-state index contributed by atoms with van der Waals surface area (Å²) in [4.78, 5) is 12.4. The van der Waals surface area contributed by atoms with E-state index < -0.39 is 5.41 Å². The van der Waals surface area contributed by atoms with Gasteiger partial charge < -0.3 is 19.9 Å². The molecule has 0 bridgehead atoms. The normalized spacial score (nSPS) is 16.2. The number of nitrogens with one attached hydrogen (secondary N) is 1. The topological polar surface area (TPSA) is 91.3 Å². The van der Waals surface area contributed by atoms with Gasteiger partial charge in [-0.3, -0.25) is 0 Å². The van der Waals surface area contributed by atoms with Crippen LogP contribution >= 0.6 is 11.6 Å². The Bertz CT molecular complexity index is 1230. The lowest BCUT2D eigenvalue weighted by Crippen LogP contribution is -2.37. The molecule has 1 saturated carbocycles. The second kappa shape index (κ2) is 9.14. The molecule has 1 aliphatic rings. The van der Waals surface area contributed by atoms with Gasteiger partial charge in [0.15, 0.2) is 5.65 Å². The second-order valence-electron chi connectivity index (χ2n) is 8.81. The summed E-state index contributed by atoms with van der Waals surface area (Å²) in [5.74, 6) is 0. The number of halogens is 1. The third kappa shape index (κ3) is 4.47. The van der Waals surface area contributed by atoms with E-state index in [-0.39, 0.29) is 19.3 Å². The quantitative estimate of drug-likeness (QED) is 0.364. The number of fused-ring (bicyclic) bond motifs is 1. The minimum atomic E-state index is -0.395. The maximum Gasteiger partial charge on any atom is 0.296 e. The molecule has 0 spiro atoms. The zero-order valence-corrected chi connectivity index (χ0v) is 18.9. The molecule has 2 aromatic heterocycles. The van der Waals surface area contributed by atoms with Crippen molar-refractivity contribution in [3.8, 4) is 28.4 Å². The minimum Gasteiger partial charge on any atom is -0.461 e. The Morgan fingerprint density at radius 2 is 1.55 bits per heavy atom. The largest absolute Gasteiger partial charge is 0.461 e. The van der Waals surface area contributed by atoms with Crippen LogP contribution in [0.4, 0.5) is 0 Å². The molecule has 0 atom stereocenters. The van der Waals surface area contributed by atoms with Gasteiger partial charge in [0, 0.05) is 11.0 Å². The van der Waals surface area contributed by atoms with Crippen LogP contribution in [0.25, 0.3) is 33.5 Å². The number of ether oxygens (including phenoxy) is 1. The average Bonchev–Trinajstić information content (AvgIpc) is 3.26. The zero-order chi connectivity index (χ0) is 22.8. The van der Waals surface area contributed by atoms with E-state index in [1.165, 1.54) is 0 Å². The highest BCUT2D eigenvalue weighted by Crippen LogP contribution is 2.37. The molecular weight excluding hydrogens is 438 g/mol. The molecule has 3 N–H and O–H groups in total. The van der Waals surface area contributed by atoms with E-state index in [0.717, 1.165) is 47.9 Å². The molecule has 0 unspecified atom stereocenters. The summed E-state index contributed by atoms with van der Waals surface area (Å²) in [6.07, 6.45) is 2.93. The van der Waals surface area contributed by atoms with Gasteiger partial charge in [0.1, 0.15) is 6.10 Å². The molecule has 0 radical (unpaired) electrons. The molecular formula is C26H26ClN3O3. The number of aliphatic hydroxyl groups is 2. The summed E-state index contributed by atoms with van der Waals surface area (Å²) in [5, 5.41) is 19.7. The Hall–Kier alpha value is -2.93. The molecule has 33 heavy (non-hydrogen) atoms. The molecule has 0 amide bonds. The van der Waals surface area contributed by atoms with E-state index in [1.54, 1.807) is 0 Å². The number of aromatic nitrogens is 3. The molecule has 6 nitrogen and oxygen atoms in total. The maximum atomic E-state index is 9.59. The fourth-order valence-corrected chi connectivity index (χ4v) is 4.71. The highest BCUT2D eigenvalue weighted by atomic mass is 35.5. The number of hydrogen-bond donors (Lipinski definition) is 3. The number of aromatic amines is 1. The van der Waals surface area contributed by atoms with Gasteiger partial charge in [-0.25, -0.2) is 4.98 Å². The molecule has 2 heterocycles. The smallest absolute Gasteiger partial charge is 0.296 e. The fourth-order valence-electron chi connectivity index (χ4n) is 4.45. The van der Waals surface area contributed by atoms with Gasteiger partial charge in [0.2, 0.25) is 0 Å². The van der Waals surface area contributed by atoms with Crippen LogP contribution < -0.4 is 4.74 Å². The van der Waals surface area contributed by atoms with E-state index in [0.29, 0.717) is 22.4 Å². The first-order chi connectivity index (χ1) is 16.1. The predicted molar refractivity (Wildman–Crippen MR) is 129 cm³/mol. The average molecular weight is 464 g/mol. The van der Waals surface area contributed by atoms with Crippen LogP contribution in [-0.2, 0) is 0 Å². The first kappa shape index (κ1) is 21.9. The Kier molecular flexibility index (Phi) is 6.06. The van der Waals surface area contributed by atoms with Crippen molar-refractivity contribution in [2.45, 2.75) is 31.8 Å². The van der Waals surface area contributed by atoms with Crippen molar-refractivity contribution in [2.24, 2.45) is 5.41 Å². The van der Waals surface area contributed by atoms with Crippen molar-refractivity contribution in [3.05, 3.63) is 65.7 Å². The van der Waals surface area contributed by atoms with E-state index in [4.69, 9.17) is 21.3 Å². The van der Waals surface area contributed by atoms with Gasteiger partial charge in [-0.05, 0) is 42.9 Å². The van der Waals surface area contributed by atoms with Crippen LogP contribution in [0.1, 0.15) is 25.7 Å². The minimum absolute atomic E-state index is 0.00161. The zero-order valence-electron chi connectivity index (χ0n) is 18.2. The van der Waals surface area contributed by atoms with Crippen LogP contribution in [0, 0.1) is 5.41 Å². The summed E-state index contributed by atoms with van der Waals surface area (Å²) < 4.78 is 6.06. The lowest BCUT2D eigenvalue weighted by atomic mass is 9.74. The molecule has 170 valence electrons. The van der Waals surface area contributed by atoms with Gasteiger partial charge in [-0.2, -0.15) is 4.98 Å². The molecule has 1 fully saturated rings. The molecule has 0 aliphatic heterocycles. The number of pyridine rings is 1. The third-order valence-electron chi connectivity index (χ3n) is 6.61. The summed E-state index contributed by atoms with van der Waals surface area (Å²) in [6, 6.07) is 20.6. The van der Waals surface area contributed by atoms with E-state index in [9.17, 15) is 10.2 Å². The van der Waals surface area contributed by atoms with Gasteiger partial charge >= 0.3 is 0 Å². The van der Waals surface area contributed by atoms with Gasteiger partial charge in [0.25, 0.3) is 6.01 Å². The Morgan fingerprint density at radius 1 is 0.909 bits per heavy atom. The number of hydrogen-bond acceptors (Lipinski definition) is 5. The highest BCUT2D eigenvalue weighted by Gasteiger charge is 2.35. The number of aliphatic hydroxyl groups excluding tert-OH is 2. The fraction of sp³-hybridized carbons (Fsp3) is 0.308. The number of rotatable bonds is 6. The molecule has 1 aliphatic carbocycles. The van der Waals surface area contributed by atoms with E-state index >= 15 is 0 Å². The molecule has 5 rings (SSSR count). The molecule has 4 aromatic rings. The van der Waals surface area contributed by atoms with Crippen LogP contribution in [0.15, 0.2) is 60.7 Å². The number of H-pyrrole nitrogens is 1. The molecule has 2 aromatic carbocycles. The summed E-state index contributed by atoms with van der Waals surface area (Å²) in [6.45, 7) is -0.00321. The molecule has 7 heteroatoms. The Morgan fingerprint density at radius 3 is 2.21 bits per heavy atom. The van der Waals surface area contributed by atoms with Crippen LogP contribution in [0.2, 0.25) is 5.02 Å². The van der Waals surface area contributed by atoms with E-state index in [1.807, 2.05) is 36.4 Å². The van der Waals surface area contributed by atoms with Crippen LogP contribution in [0.3, 0.4) is 0 Å². The summed E-state index contributed by atoms with van der Waals surface area (Å²) in [5.41, 5.74) is 4.76. The third-order valence-corrected chi connectivity index (χ3v) is 6.90. The summed E-state index contributed by atoms with van der Waals surface area (Å²) >= 11 is 6.56. The first-order valence-corrected chi connectivity index (χ1v) is 11.6.